The Balaban J connectivity index is 2.30. The minimum Gasteiger partial charge on any atom is -0.481 e. The second-order valence-electron chi connectivity index (χ2n) is 5.32. The molecule has 2 unspecified atom stereocenters. The lowest BCUT2D eigenvalue weighted by Crippen LogP contribution is -2.30. The zero-order chi connectivity index (χ0) is 13.3. The molecule has 1 fully saturated rings. The molecule has 0 spiro atoms. The maximum absolute atomic E-state index is 13.5. The molecule has 2 nitrogen and oxygen atoms in total. The second-order valence-corrected chi connectivity index (χ2v) is 6.12. The molecule has 0 heterocycles. The summed E-state index contributed by atoms with van der Waals surface area (Å²) in [5, 5.41) is 9.49. The van der Waals surface area contributed by atoms with Gasteiger partial charge in [-0.1, -0.05) is 19.1 Å². The van der Waals surface area contributed by atoms with Gasteiger partial charge in [-0.2, -0.15) is 0 Å². The van der Waals surface area contributed by atoms with Crippen LogP contribution in [0.2, 0.25) is 0 Å². The molecule has 18 heavy (non-hydrogen) atoms. The van der Waals surface area contributed by atoms with Crippen molar-refractivity contribution in [2.45, 2.75) is 32.6 Å². The topological polar surface area (TPSA) is 37.3 Å². The number of carboxylic acid groups (broad SMARTS) is 1. The van der Waals surface area contributed by atoms with E-state index in [0.717, 1.165) is 12.0 Å². The fourth-order valence-corrected chi connectivity index (χ4v) is 3.28. The lowest BCUT2D eigenvalue weighted by atomic mass is 9.79. The van der Waals surface area contributed by atoms with E-state index in [0.29, 0.717) is 29.7 Å². The molecule has 1 N–H and O–H groups in total. The Labute approximate surface area is 114 Å². The van der Waals surface area contributed by atoms with Crippen molar-refractivity contribution in [2.75, 3.05) is 0 Å². The molecule has 1 saturated carbocycles. The summed E-state index contributed by atoms with van der Waals surface area (Å²) in [4.78, 5) is 11.6. The van der Waals surface area contributed by atoms with E-state index in [-0.39, 0.29) is 5.82 Å². The van der Waals surface area contributed by atoms with E-state index in [4.69, 9.17) is 0 Å². The largest absolute Gasteiger partial charge is 0.481 e. The lowest BCUT2D eigenvalue weighted by molar-refractivity contribution is -0.148. The highest BCUT2D eigenvalue weighted by Gasteiger charge is 2.44. The third-order valence-electron chi connectivity index (χ3n) is 3.87. The monoisotopic (exact) mass is 314 g/mol. The minimum absolute atomic E-state index is 0.334. The summed E-state index contributed by atoms with van der Waals surface area (Å²) in [5.74, 6) is -0.671. The number of rotatable bonds is 3. The first-order valence-electron chi connectivity index (χ1n) is 6.11. The van der Waals surface area contributed by atoms with Gasteiger partial charge >= 0.3 is 5.97 Å². The van der Waals surface area contributed by atoms with Crippen LogP contribution in [-0.2, 0) is 11.2 Å². The van der Waals surface area contributed by atoms with Crippen molar-refractivity contribution >= 4 is 21.9 Å². The molecular formula is C14H16BrFO2. The Hall–Kier alpha value is -0.900. The smallest absolute Gasteiger partial charge is 0.309 e. The number of aliphatic carboxylic acids is 1. The number of hydrogen-bond acceptors (Lipinski definition) is 1. The normalized spacial score (nSPS) is 27.4. The van der Waals surface area contributed by atoms with Gasteiger partial charge in [-0.05, 0) is 59.2 Å². The Morgan fingerprint density at radius 3 is 2.89 bits per heavy atom. The van der Waals surface area contributed by atoms with Gasteiger partial charge in [0, 0.05) is 0 Å². The molecule has 1 aliphatic carbocycles. The van der Waals surface area contributed by atoms with Gasteiger partial charge in [-0.15, -0.1) is 0 Å². The maximum atomic E-state index is 13.5. The average Bonchev–Trinajstić information content (AvgIpc) is 2.68. The third kappa shape index (κ3) is 2.44. The molecule has 0 radical (unpaired) electrons. The van der Waals surface area contributed by atoms with Crippen LogP contribution in [0.4, 0.5) is 4.39 Å². The Morgan fingerprint density at radius 1 is 1.61 bits per heavy atom. The molecule has 2 atom stereocenters. The quantitative estimate of drug-likeness (QED) is 0.914. The number of halogens is 2. The van der Waals surface area contributed by atoms with E-state index < -0.39 is 11.4 Å². The molecule has 0 bridgehead atoms. The summed E-state index contributed by atoms with van der Waals surface area (Å²) >= 11 is 3.21. The third-order valence-corrected chi connectivity index (χ3v) is 4.76. The van der Waals surface area contributed by atoms with Gasteiger partial charge in [0.05, 0.1) is 9.89 Å². The highest BCUT2D eigenvalue weighted by Crippen LogP contribution is 2.45. The first-order valence-corrected chi connectivity index (χ1v) is 6.90. The van der Waals surface area contributed by atoms with Crippen molar-refractivity contribution in [3.8, 4) is 0 Å². The second kappa shape index (κ2) is 5.00. The molecule has 0 aliphatic heterocycles. The average molecular weight is 315 g/mol. The first-order chi connectivity index (χ1) is 8.44. The van der Waals surface area contributed by atoms with Gasteiger partial charge in [0.2, 0.25) is 0 Å². The van der Waals surface area contributed by atoms with E-state index in [1.807, 2.05) is 0 Å². The summed E-state index contributed by atoms with van der Waals surface area (Å²) in [5.41, 5.74) is 0.0157. The van der Waals surface area contributed by atoms with Crippen LogP contribution in [0.3, 0.4) is 0 Å². The Morgan fingerprint density at radius 2 is 2.33 bits per heavy atom. The fraction of sp³-hybridized carbons (Fsp3) is 0.500. The van der Waals surface area contributed by atoms with Crippen molar-refractivity contribution in [1.82, 2.24) is 0 Å². The van der Waals surface area contributed by atoms with Crippen LogP contribution in [0.5, 0.6) is 0 Å². The van der Waals surface area contributed by atoms with Gasteiger partial charge in [-0.25, -0.2) is 4.39 Å². The summed E-state index contributed by atoms with van der Waals surface area (Å²) in [7, 11) is 0. The fourth-order valence-electron chi connectivity index (χ4n) is 2.87. The van der Waals surface area contributed by atoms with Crippen molar-refractivity contribution in [2.24, 2.45) is 11.3 Å². The van der Waals surface area contributed by atoms with Crippen LogP contribution >= 0.6 is 15.9 Å². The molecule has 0 saturated heterocycles. The van der Waals surface area contributed by atoms with Crippen LogP contribution in [0.15, 0.2) is 22.7 Å². The molecule has 1 aliphatic rings. The van der Waals surface area contributed by atoms with Gasteiger partial charge in [0.25, 0.3) is 0 Å². The molecule has 0 amide bonds. The highest BCUT2D eigenvalue weighted by atomic mass is 79.9. The van der Waals surface area contributed by atoms with E-state index in [1.165, 1.54) is 6.07 Å². The zero-order valence-electron chi connectivity index (χ0n) is 10.2. The maximum Gasteiger partial charge on any atom is 0.309 e. The minimum atomic E-state index is -0.761. The van der Waals surface area contributed by atoms with Crippen LogP contribution in [0.1, 0.15) is 31.7 Å². The number of carbonyl (C=O) groups is 1. The van der Waals surface area contributed by atoms with E-state index >= 15 is 0 Å². The van der Waals surface area contributed by atoms with Gasteiger partial charge in [-0.3, -0.25) is 4.79 Å². The van der Waals surface area contributed by atoms with Crippen molar-refractivity contribution in [3.05, 3.63) is 34.1 Å². The number of hydrogen-bond donors (Lipinski definition) is 1. The Bertz CT molecular complexity index is 475. The van der Waals surface area contributed by atoms with Crippen LogP contribution in [-0.4, -0.2) is 11.1 Å². The lowest BCUT2D eigenvalue weighted by Gasteiger charge is -2.25. The predicted octanol–water partition coefficient (Wildman–Crippen LogP) is 4.02. The van der Waals surface area contributed by atoms with Gasteiger partial charge in [0.15, 0.2) is 0 Å². The summed E-state index contributed by atoms with van der Waals surface area (Å²) < 4.78 is 13.9. The van der Waals surface area contributed by atoms with E-state index in [9.17, 15) is 14.3 Å². The summed E-state index contributed by atoms with van der Waals surface area (Å²) in [6, 6.07) is 4.79. The molecule has 4 heteroatoms. The summed E-state index contributed by atoms with van der Waals surface area (Å²) in [6.45, 7) is 2.07. The predicted molar refractivity (Wildman–Crippen MR) is 70.9 cm³/mol. The van der Waals surface area contributed by atoms with Crippen LogP contribution in [0.25, 0.3) is 0 Å². The van der Waals surface area contributed by atoms with E-state index in [1.54, 1.807) is 12.1 Å². The van der Waals surface area contributed by atoms with Crippen molar-refractivity contribution < 1.29 is 14.3 Å². The number of carboxylic acids is 1. The van der Waals surface area contributed by atoms with Gasteiger partial charge < -0.3 is 5.11 Å². The van der Waals surface area contributed by atoms with Gasteiger partial charge in [0.1, 0.15) is 5.82 Å². The standard InChI is InChI=1S/C14H16BrFO2/c1-9-5-6-14(7-9,13(17)18)8-10-3-2-4-11(16)12(10)15/h2-4,9H,5-8H2,1H3,(H,17,18). The molecular weight excluding hydrogens is 299 g/mol. The van der Waals surface area contributed by atoms with Crippen molar-refractivity contribution in [3.63, 3.8) is 0 Å². The summed E-state index contributed by atoms with van der Waals surface area (Å²) in [6.07, 6.45) is 2.67. The molecule has 0 aromatic heterocycles. The van der Waals surface area contributed by atoms with Crippen molar-refractivity contribution in [1.29, 1.82) is 0 Å². The van der Waals surface area contributed by atoms with Crippen LogP contribution < -0.4 is 0 Å². The SMILES string of the molecule is CC1CCC(Cc2cccc(F)c2Br)(C(=O)O)C1. The number of benzene rings is 1. The molecule has 98 valence electrons. The zero-order valence-corrected chi connectivity index (χ0v) is 11.8. The molecule has 1 aromatic rings. The highest BCUT2D eigenvalue weighted by molar-refractivity contribution is 9.10. The molecule has 2 rings (SSSR count). The first kappa shape index (κ1) is 13.5. The van der Waals surface area contributed by atoms with E-state index in [2.05, 4.69) is 22.9 Å². The Kier molecular flexibility index (Phi) is 3.76. The molecule has 1 aromatic carbocycles. The van der Waals surface area contributed by atoms with Crippen LogP contribution in [0, 0.1) is 17.2 Å².